The Labute approximate surface area is 240 Å². The largest absolute Gasteiger partial charge is 0.497 e. The summed E-state index contributed by atoms with van der Waals surface area (Å²) in [5, 5.41) is 3.45. The van der Waals surface area contributed by atoms with E-state index in [1.807, 2.05) is 12.1 Å². The van der Waals surface area contributed by atoms with Crippen molar-refractivity contribution in [1.82, 2.24) is 24.2 Å². The van der Waals surface area contributed by atoms with Crippen molar-refractivity contribution in [3.05, 3.63) is 53.1 Å². The molecule has 4 rings (SSSR count). The van der Waals surface area contributed by atoms with Crippen LogP contribution in [0.3, 0.4) is 0 Å². The topological polar surface area (TPSA) is 141 Å². The van der Waals surface area contributed by atoms with Crippen LogP contribution in [0.2, 0.25) is 0 Å². The van der Waals surface area contributed by atoms with Gasteiger partial charge in [-0.25, -0.2) is 4.72 Å². The lowest BCUT2D eigenvalue weighted by atomic mass is 9.81. The number of carbonyl (C=O) groups excluding carboxylic acids is 3. The molecule has 12 heteroatoms. The number of likely N-dealkylation sites (N-methyl/N-ethyl adjacent to an activating group) is 2. The molecule has 3 N–H and O–H groups in total. The van der Waals surface area contributed by atoms with Crippen LogP contribution in [-0.4, -0.2) is 82.2 Å². The Morgan fingerprint density at radius 1 is 1.02 bits per heavy atom. The number of aromatic nitrogens is 1. The molecule has 41 heavy (non-hydrogen) atoms. The summed E-state index contributed by atoms with van der Waals surface area (Å²) < 4.78 is 32.9. The number of H-pyrrole nitrogens is 1. The standard InChI is InChI=1S/C29H37N5O6S/c1-30-25(35)17-34(4)29(37)23-16-20(40-5)12-14-21(23)27-26(18-9-7-6-8-10-18)22-13-11-19(15-24(22)31-27)28(36)32-41(38,39)33(2)3/h11-16,18,31H,6-10,17H2,1-5H3,(H,30,35)(H,32,36). The van der Waals surface area contributed by atoms with Gasteiger partial charge in [-0.1, -0.05) is 25.3 Å². The fourth-order valence-corrected chi connectivity index (χ4v) is 5.81. The smallest absolute Gasteiger partial charge is 0.303 e. The van der Waals surface area contributed by atoms with Crippen LogP contribution in [0.4, 0.5) is 0 Å². The molecule has 3 aromatic rings. The second kappa shape index (κ2) is 12.3. The third-order valence-electron chi connectivity index (χ3n) is 7.55. The number of methoxy groups -OCH3 is 1. The zero-order valence-electron chi connectivity index (χ0n) is 24.0. The molecule has 1 aliphatic carbocycles. The van der Waals surface area contributed by atoms with E-state index in [9.17, 15) is 22.8 Å². The minimum Gasteiger partial charge on any atom is -0.497 e. The maximum atomic E-state index is 13.7. The van der Waals surface area contributed by atoms with Crippen LogP contribution in [0, 0.1) is 0 Å². The molecule has 2 aromatic carbocycles. The molecule has 0 radical (unpaired) electrons. The molecule has 11 nitrogen and oxygen atoms in total. The van der Waals surface area contributed by atoms with Gasteiger partial charge in [0.2, 0.25) is 5.91 Å². The van der Waals surface area contributed by atoms with Crippen LogP contribution in [0.15, 0.2) is 36.4 Å². The molecule has 1 aliphatic rings. The number of hydrogen-bond acceptors (Lipinski definition) is 6. The fourth-order valence-electron chi connectivity index (χ4n) is 5.27. The van der Waals surface area contributed by atoms with Crippen LogP contribution in [0.1, 0.15) is 64.3 Å². The Kier molecular flexibility index (Phi) is 9.03. The zero-order valence-corrected chi connectivity index (χ0v) is 24.9. The summed E-state index contributed by atoms with van der Waals surface area (Å²) in [5.41, 5.74) is 3.67. The number of benzene rings is 2. The molecule has 1 saturated carbocycles. The molecular weight excluding hydrogens is 546 g/mol. The summed E-state index contributed by atoms with van der Waals surface area (Å²) >= 11 is 0. The van der Waals surface area contributed by atoms with Crippen molar-refractivity contribution >= 4 is 38.8 Å². The molecule has 1 heterocycles. The number of nitrogens with zero attached hydrogens (tertiary/aromatic N) is 2. The van der Waals surface area contributed by atoms with Gasteiger partial charge in [-0.3, -0.25) is 14.4 Å². The molecule has 0 aliphatic heterocycles. The number of aromatic amines is 1. The van der Waals surface area contributed by atoms with E-state index in [1.165, 1.54) is 33.2 Å². The number of ether oxygens (including phenoxy) is 1. The molecular formula is C29H37N5O6S. The SMILES string of the molecule is CNC(=O)CN(C)C(=O)c1cc(OC)ccc1-c1[nH]c2cc(C(=O)NS(=O)(=O)N(C)C)ccc2c1C1CCCCC1. The second-order valence-corrected chi connectivity index (χ2v) is 12.4. The maximum Gasteiger partial charge on any atom is 0.303 e. The number of amides is 3. The Morgan fingerprint density at radius 3 is 2.37 bits per heavy atom. The van der Waals surface area contributed by atoms with Gasteiger partial charge in [-0.2, -0.15) is 12.7 Å². The van der Waals surface area contributed by atoms with Crippen LogP contribution < -0.4 is 14.8 Å². The van der Waals surface area contributed by atoms with Crippen LogP contribution >= 0.6 is 0 Å². The van der Waals surface area contributed by atoms with Gasteiger partial charge in [-0.15, -0.1) is 0 Å². The first-order valence-corrected chi connectivity index (χ1v) is 15.0. The molecule has 0 spiro atoms. The highest BCUT2D eigenvalue weighted by molar-refractivity contribution is 7.87. The average molecular weight is 584 g/mol. The first-order chi connectivity index (χ1) is 19.5. The molecule has 0 atom stereocenters. The normalized spacial score (nSPS) is 14.2. The predicted molar refractivity (Wildman–Crippen MR) is 157 cm³/mol. The summed E-state index contributed by atoms with van der Waals surface area (Å²) in [7, 11) is 3.33. The summed E-state index contributed by atoms with van der Waals surface area (Å²) in [6.45, 7) is -0.109. The Morgan fingerprint density at radius 2 is 1.73 bits per heavy atom. The van der Waals surface area contributed by atoms with E-state index in [0.717, 1.165) is 53.1 Å². The lowest BCUT2D eigenvalue weighted by Gasteiger charge is -2.24. The van der Waals surface area contributed by atoms with Gasteiger partial charge in [0.05, 0.1) is 24.9 Å². The summed E-state index contributed by atoms with van der Waals surface area (Å²) in [5.74, 6) is -0.644. The molecule has 220 valence electrons. The first kappa shape index (κ1) is 30.1. The van der Waals surface area contributed by atoms with Crippen LogP contribution in [0.25, 0.3) is 22.2 Å². The molecule has 1 aromatic heterocycles. The van der Waals surface area contributed by atoms with Crippen molar-refractivity contribution in [2.45, 2.75) is 38.0 Å². The van der Waals surface area contributed by atoms with Crippen molar-refractivity contribution < 1.29 is 27.5 Å². The van der Waals surface area contributed by atoms with Crippen molar-refractivity contribution in [3.63, 3.8) is 0 Å². The summed E-state index contributed by atoms with van der Waals surface area (Å²) in [6, 6.07) is 10.4. The minimum atomic E-state index is -3.96. The van der Waals surface area contributed by atoms with Crippen molar-refractivity contribution in [1.29, 1.82) is 0 Å². The van der Waals surface area contributed by atoms with E-state index in [0.29, 0.717) is 22.4 Å². The van der Waals surface area contributed by atoms with Gasteiger partial charge >= 0.3 is 10.2 Å². The monoisotopic (exact) mass is 583 g/mol. The second-order valence-electron chi connectivity index (χ2n) is 10.5. The average Bonchev–Trinajstić information content (AvgIpc) is 3.35. The van der Waals surface area contributed by atoms with Gasteiger partial charge in [0.1, 0.15) is 5.75 Å². The van der Waals surface area contributed by atoms with E-state index in [1.54, 1.807) is 31.3 Å². The predicted octanol–water partition coefficient (Wildman–Crippen LogP) is 3.25. The Hall–Kier alpha value is -3.90. The highest BCUT2D eigenvalue weighted by atomic mass is 32.2. The highest BCUT2D eigenvalue weighted by Gasteiger charge is 2.28. The van der Waals surface area contributed by atoms with Crippen molar-refractivity contribution in [3.8, 4) is 17.0 Å². The Bertz CT molecular complexity index is 1570. The third-order valence-corrected chi connectivity index (χ3v) is 8.95. The fraction of sp³-hybridized carbons (Fsp3) is 0.414. The van der Waals surface area contributed by atoms with E-state index >= 15 is 0 Å². The summed E-state index contributed by atoms with van der Waals surface area (Å²) in [6.07, 6.45) is 5.31. The molecule has 0 bridgehead atoms. The number of fused-ring (bicyclic) bond motifs is 1. The number of hydrogen-bond donors (Lipinski definition) is 3. The lowest BCUT2D eigenvalue weighted by molar-refractivity contribution is -0.121. The van der Waals surface area contributed by atoms with Crippen LogP contribution in [-0.2, 0) is 15.0 Å². The van der Waals surface area contributed by atoms with E-state index in [-0.39, 0.29) is 29.8 Å². The Balaban J connectivity index is 1.87. The van der Waals surface area contributed by atoms with Crippen LogP contribution in [0.5, 0.6) is 5.75 Å². The molecule has 0 saturated heterocycles. The van der Waals surface area contributed by atoms with Gasteiger partial charge in [0.25, 0.3) is 11.8 Å². The lowest BCUT2D eigenvalue weighted by Crippen LogP contribution is -2.39. The minimum absolute atomic E-state index is 0.109. The maximum absolute atomic E-state index is 13.7. The molecule has 1 fully saturated rings. The first-order valence-electron chi connectivity index (χ1n) is 13.5. The van der Waals surface area contributed by atoms with E-state index < -0.39 is 16.1 Å². The number of rotatable bonds is 9. The van der Waals surface area contributed by atoms with E-state index in [4.69, 9.17) is 4.74 Å². The van der Waals surface area contributed by atoms with Crippen molar-refractivity contribution in [2.75, 3.05) is 41.8 Å². The summed E-state index contributed by atoms with van der Waals surface area (Å²) in [4.78, 5) is 43.3. The quantitative estimate of drug-likeness (QED) is 0.353. The van der Waals surface area contributed by atoms with Gasteiger partial charge < -0.3 is 19.9 Å². The zero-order chi connectivity index (χ0) is 29.9. The highest BCUT2D eigenvalue weighted by Crippen LogP contribution is 2.43. The van der Waals surface area contributed by atoms with Gasteiger partial charge in [0, 0.05) is 50.2 Å². The number of nitrogens with one attached hydrogen (secondary N) is 3. The van der Waals surface area contributed by atoms with Gasteiger partial charge in [0.15, 0.2) is 0 Å². The van der Waals surface area contributed by atoms with E-state index in [2.05, 4.69) is 15.0 Å². The van der Waals surface area contributed by atoms with Gasteiger partial charge in [-0.05, 0) is 54.7 Å². The third kappa shape index (κ3) is 6.38. The molecule has 0 unspecified atom stereocenters. The van der Waals surface area contributed by atoms with Crippen molar-refractivity contribution in [2.24, 2.45) is 0 Å². The molecule has 3 amide bonds. The number of carbonyl (C=O) groups is 3.